The van der Waals surface area contributed by atoms with Gasteiger partial charge in [-0.2, -0.15) is 0 Å². The van der Waals surface area contributed by atoms with Crippen LogP contribution in [0.4, 0.5) is 8.78 Å². The number of Topliss-reactive ketones (excluding diaryl/α,β-unsaturated/α-hetero) is 1. The second-order valence-corrected chi connectivity index (χ2v) is 7.87. The minimum Gasteiger partial charge on any atom is -0.478 e. The summed E-state index contributed by atoms with van der Waals surface area (Å²) in [6.07, 6.45) is -0.284. The topological polar surface area (TPSA) is 80.4 Å². The van der Waals surface area contributed by atoms with Crippen LogP contribution in [0.3, 0.4) is 0 Å². The molecule has 152 valence electrons. The normalized spacial score (nSPS) is 11.2. The number of nitrogens with zero attached hydrogens (tertiary/aromatic N) is 1. The maximum Gasteiger partial charge on any atom is 0.337 e. The summed E-state index contributed by atoms with van der Waals surface area (Å²) in [6, 6.07) is 8.01. The van der Waals surface area contributed by atoms with Gasteiger partial charge in [-0.25, -0.2) is 18.6 Å². The molecule has 0 spiro atoms. The molecule has 2 aromatic carbocycles. The van der Waals surface area contributed by atoms with Crippen LogP contribution in [0.2, 0.25) is 0 Å². The number of aromatic nitrogens is 1. The van der Waals surface area contributed by atoms with Crippen molar-refractivity contribution >= 4 is 34.2 Å². The molecule has 5 nitrogen and oxygen atoms in total. The standard InChI is InChI=1S/C22H15F2NO4S/c1-10-3-6-16-14(7-10)25-21(29-16)15(26)8-17-18(22(27)28)13(9-30-17)12-5-4-11(2)19(23)20(12)24/h3-7,9H,8H2,1-2H3,(H,27,28). The van der Waals surface area contributed by atoms with Crippen molar-refractivity contribution in [3.63, 3.8) is 0 Å². The average molecular weight is 427 g/mol. The summed E-state index contributed by atoms with van der Waals surface area (Å²) in [5, 5.41) is 11.1. The minimum atomic E-state index is -1.33. The lowest BCUT2D eigenvalue weighted by atomic mass is 9.99. The molecule has 0 amide bonds. The summed E-state index contributed by atoms with van der Waals surface area (Å²) < 4.78 is 33.9. The van der Waals surface area contributed by atoms with Crippen molar-refractivity contribution in [1.29, 1.82) is 0 Å². The van der Waals surface area contributed by atoms with Crippen molar-refractivity contribution in [3.05, 3.63) is 74.8 Å². The molecule has 30 heavy (non-hydrogen) atoms. The van der Waals surface area contributed by atoms with Gasteiger partial charge in [-0.05, 0) is 42.5 Å². The largest absolute Gasteiger partial charge is 0.478 e. The van der Waals surface area contributed by atoms with Crippen LogP contribution in [0.5, 0.6) is 0 Å². The molecule has 4 rings (SSSR count). The Hall–Kier alpha value is -3.39. The highest BCUT2D eigenvalue weighted by atomic mass is 32.1. The third-order valence-corrected chi connectivity index (χ3v) is 5.74. The van der Waals surface area contributed by atoms with Crippen LogP contribution in [-0.2, 0) is 6.42 Å². The number of carbonyl (C=O) groups excluding carboxylic acids is 1. The number of ketones is 1. The number of halogens is 2. The SMILES string of the molecule is Cc1ccc2oc(C(=O)Cc3scc(-c4ccc(C)c(F)c4F)c3C(=O)O)nc2c1. The maximum absolute atomic E-state index is 14.4. The molecule has 0 unspecified atom stereocenters. The molecule has 0 bridgehead atoms. The third kappa shape index (κ3) is 3.39. The minimum absolute atomic E-state index is 0.0277. The Balaban J connectivity index is 1.72. The van der Waals surface area contributed by atoms with E-state index in [0.29, 0.717) is 11.1 Å². The first-order valence-corrected chi connectivity index (χ1v) is 9.83. The third-order valence-electron chi connectivity index (χ3n) is 4.75. The summed E-state index contributed by atoms with van der Waals surface area (Å²) in [5.74, 6) is -4.12. The first-order valence-electron chi connectivity index (χ1n) is 8.95. The Labute approximate surface area is 173 Å². The van der Waals surface area contributed by atoms with Crippen LogP contribution in [0.1, 0.15) is 37.0 Å². The summed E-state index contributed by atoms with van der Waals surface area (Å²) in [5.41, 5.74) is 1.68. The van der Waals surface area contributed by atoms with Gasteiger partial charge in [0.05, 0.1) is 12.0 Å². The number of fused-ring (bicyclic) bond motifs is 1. The maximum atomic E-state index is 14.4. The molecule has 0 saturated carbocycles. The Morgan fingerprint density at radius 3 is 2.60 bits per heavy atom. The number of carboxylic acids is 1. The van der Waals surface area contributed by atoms with E-state index in [9.17, 15) is 23.5 Å². The quantitative estimate of drug-likeness (QED) is 0.421. The Bertz CT molecular complexity index is 1320. The monoisotopic (exact) mass is 427 g/mol. The zero-order valence-electron chi connectivity index (χ0n) is 16.0. The fourth-order valence-corrected chi connectivity index (χ4v) is 4.23. The summed E-state index contributed by atoms with van der Waals surface area (Å²) >= 11 is 0.990. The number of carboxylic acid groups (broad SMARTS) is 1. The summed E-state index contributed by atoms with van der Waals surface area (Å²) in [4.78, 5) is 28.9. The van der Waals surface area contributed by atoms with Crippen LogP contribution >= 0.6 is 11.3 Å². The lowest BCUT2D eigenvalue weighted by Crippen LogP contribution is -2.08. The lowest BCUT2D eigenvalue weighted by Gasteiger charge is -2.07. The van der Waals surface area contributed by atoms with Crippen molar-refractivity contribution < 1.29 is 27.9 Å². The summed E-state index contributed by atoms with van der Waals surface area (Å²) in [7, 11) is 0. The van der Waals surface area contributed by atoms with E-state index in [0.717, 1.165) is 16.9 Å². The average Bonchev–Trinajstić information content (AvgIpc) is 3.30. The molecular weight excluding hydrogens is 412 g/mol. The molecular formula is C22H15F2NO4S. The smallest absolute Gasteiger partial charge is 0.337 e. The van der Waals surface area contributed by atoms with Crippen molar-refractivity contribution in [2.24, 2.45) is 0 Å². The molecule has 0 saturated heterocycles. The van der Waals surface area contributed by atoms with Crippen LogP contribution in [0.25, 0.3) is 22.2 Å². The van der Waals surface area contributed by atoms with Gasteiger partial charge in [-0.15, -0.1) is 11.3 Å². The number of hydrogen-bond acceptors (Lipinski definition) is 5. The van der Waals surface area contributed by atoms with Gasteiger partial charge in [0, 0.05) is 16.0 Å². The van der Waals surface area contributed by atoms with Crippen molar-refractivity contribution in [2.45, 2.75) is 20.3 Å². The molecule has 8 heteroatoms. The van der Waals surface area contributed by atoms with Gasteiger partial charge >= 0.3 is 5.97 Å². The lowest BCUT2D eigenvalue weighted by molar-refractivity contribution is 0.0697. The highest BCUT2D eigenvalue weighted by Gasteiger charge is 2.26. The number of aryl methyl sites for hydroxylation is 2. The number of oxazole rings is 1. The highest BCUT2D eigenvalue weighted by Crippen LogP contribution is 2.35. The number of hydrogen-bond donors (Lipinski definition) is 1. The van der Waals surface area contributed by atoms with Crippen molar-refractivity contribution in [2.75, 3.05) is 0 Å². The van der Waals surface area contributed by atoms with E-state index in [1.807, 2.05) is 13.0 Å². The number of rotatable bonds is 5. The van der Waals surface area contributed by atoms with E-state index in [1.165, 1.54) is 24.4 Å². The Morgan fingerprint density at radius 2 is 1.87 bits per heavy atom. The predicted molar refractivity (Wildman–Crippen MR) is 108 cm³/mol. The molecule has 4 aromatic rings. The fraction of sp³-hybridized carbons (Fsp3) is 0.136. The summed E-state index contributed by atoms with van der Waals surface area (Å²) in [6.45, 7) is 3.30. The van der Waals surface area contributed by atoms with Crippen molar-refractivity contribution in [3.8, 4) is 11.1 Å². The van der Waals surface area contributed by atoms with Gasteiger partial charge < -0.3 is 9.52 Å². The van der Waals surface area contributed by atoms with Gasteiger partial charge in [0.15, 0.2) is 17.2 Å². The zero-order valence-corrected chi connectivity index (χ0v) is 16.8. The molecule has 0 aliphatic rings. The van der Waals surface area contributed by atoms with Gasteiger partial charge in [-0.1, -0.05) is 18.2 Å². The Morgan fingerprint density at radius 1 is 1.10 bits per heavy atom. The van der Waals surface area contributed by atoms with Crippen LogP contribution in [-0.4, -0.2) is 21.8 Å². The van der Waals surface area contributed by atoms with Crippen LogP contribution in [0.15, 0.2) is 40.1 Å². The van der Waals surface area contributed by atoms with E-state index in [1.54, 1.807) is 12.1 Å². The van der Waals surface area contributed by atoms with Gasteiger partial charge in [0.1, 0.15) is 5.52 Å². The molecule has 2 aromatic heterocycles. The second-order valence-electron chi connectivity index (χ2n) is 6.90. The van der Waals surface area contributed by atoms with Crippen LogP contribution < -0.4 is 0 Å². The van der Waals surface area contributed by atoms with Gasteiger partial charge in [-0.3, -0.25) is 4.79 Å². The zero-order chi connectivity index (χ0) is 21.6. The van der Waals surface area contributed by atoms with Crippen molar-refractivity contribution in [1.82, 2.24) is 4.98 Å². The van der Waals surface area contributed by atoms with E-state index >= 15 is 0 Å². The first kappa shape index (κ1) is 19.9. The fourth-order valence-electron chi connectivity index (χ4n) is 3.19. The molecule has 0 aliphatic heterocycles. The molecule has 0 radical (unpaired) electrons. The number of aromatic carboxylic acids is 1. The van der Waals surface area contributed by atoms with E-state index < -0.39 is 23.4 Å². The first-order chi connectivity index (χ1) is 14.3. The van der Waals surface area contributed by atoms with Crippen LogP contribution in [0, 0.1) is 25.5 Å². The number of thiophene rings is 1. The molecule has 0 aliphatic carbocycles. The second kappa shape index (κ2) is 7.46. The molecule has 0 fully saturated rings. The predicted octanol–water partition coefficient (Wildman–Crippen LogP) is 5.57. The molecule has 0 atom stereocenters. The van der Waals surface area contributed by atoms with Gasteiger partial charge in [0.25, 0.3) is 5.89 Å². The van der Waals surface area contributed by atoms with Gasteiger partial charge in [0.2, 0.25) is 5.78 Å². The van der Waals surface area contributed by atoms with E-state index in [-0.39, 0.29) is 39.4 Å². The van der Waals surface area contributed by atoms with E-state index in [4.69, 9.17) is 4.42 Å². The number of carbonyl (C=O) groups is 2. The highest BCUT2D eigenvalue weighted by molar-refractivity contribution is 7.11. The molecule has 1 N–H and O–H groups in total. The molecule has 2 heterocycles. The Kier molecular flexibility index (Phi) is 4.95. The number of benzene rings is 2. The van der Waals surface area contributed by atoms with E-state index in [2.05, 4.69) is 4.98 Å².